The molecule has 0 atom stereocenters. The molecule has 4 rings (SSSR count). The van der Waals surface area contributed by atoms with Crippen LogP contribution in [0.3, 0.4) is 0 Å². The van der Waals surface area contributed by atoms with Gasteiger partial charge in [-0.3, -0.25) is 14.7 Å². The lowest BCUT2D eigenvalue weighted by atomic mass is 9.94. The van der Waals surface area contributed by atoms with Gasteiger partial charge in [0.1, 0.15) is 11.2 Å². The summed E-state index contributed by atoms with van der Waals surface area (Å²) in [7, 11) is 0. The number of aromatic nitrogens is 3. The summed E-state index contributed by atoms with van der Waals surface area (Å²) in [4.78, 5) is 28.8. The van der Waals surface area contributed by atoms with Gasteiger partial charge < -0.3 is 15.1 Å². The molecule has 0 unspecified atom stereocenters. The van der Waals surface area contributed by atoms with Crippen molar-refractivity contribution >= 4 is 40.1 Å². The molecule has 3 heterocycles. The summed E-state index contributed by atoms with van der Waals surface area (Å²) in [6, 6.07) is 11.2. The van der Waals surface area contributed by atoms with Crippen LogP contribution in [0.25, 0.3) is 11.1 Å². The molecule has 1 aromatic carbocycles. The van der Waals surface area contributed by atoms with Crippen molar-refractivity contribution in [1.29, 1.82) is 0 Å². The van der Waals surface area contributed by atoms with Gasteiger partial charge in [0.2, 0.25) is 0 Å². The largest absolute Gasteiger partial charge is 0.445 e. The van der Waals surface area contributed by atoms with Crippen LogP contribution < -0.4 is 10.6 Å². The van der Waals surface area contributed by atoms with E-state index in [-0.39, 0.29) is 23.2 Å². The number of nitrogens with zero attached hydrogens (tertiary/aromatic N) is 2. The van der Waals surface area contributed by atoms with Crippen LogP contribution in [0.15, 0.2) is 51.7 Å². The van der Waals surface area contributed by atoms with Gasteiger partial charge in [0.05, 0.1) is 11.0 Å². The van der Waals surface area contributed by atoms with Crippen molar-refractivity contribution in [3.63, 3.8) is 0 Å². The molecule has 28 heavy (non-hydrogen) atoms. The number of carbonyl (C=O) groups excluding carboxylic acids is 2. The van der Waals surface area contributed by atoms with E-state index in [1.54, 1.807) is 17.0 Å². The molecule has 142 valence electrons. The molecule has 0 aliphatic carbocycles. The molecule has 0 saturated carbocycles. The third kappa shape index (κ3) is 3.39. The Morgan fingerprint density at radius 3 is 2.68 bits per heavy atom. The van der Waals surface area contributed by atoms with E-state index in [1.807, 2.05) is 44.2 Å². The summed E-state index contributed by atoms with van der Waals surface area (Å²) in [5.74, 6) is -0.441. The fraction of sp³-hybridized carbons (Fsp3) is 0.158. The fourth-order valence-corrected chi connectivity index (χ4v) is 3.31. The fourth-order valence-electron chi connectivity index (χ4n) is 2.78. The molecule has 9 heteroatoms. The minimum Gasteiger partial charge on any atom is -0.445 e. The Hall–Kier alpha value is -3.46. The molecule has 0 aliphatic rings. The van der Waals surface area contributed by atoms with E-state index in [9.17, 15) is 9.59 Å². The molecular weight excluding hydrogens is 378 g/mol. The number of amides is 2. The molecule has 0 radical (unpaired) electrons. The van der Waals surface area contributed by atoms with Crippen LogP contribution in [0, 0.1) is 0 Å². The van der Waals surface area contributed by atoms with Gasteiger partial charge in [0, 0.05) is 11.4 Å². The summed E-state index contributed by atoms with van der Waals surface area (Å²) in [6.07, 6.45) is 0. The summed E-state index contributed by atoms with van der Waals surface area (Å²) < 4.78 is 5.66. The molecule has 0 fully saturated rings. The molecule has 8 nitrogen and oxygen atoms in total. The number of anilines is 1. The monoisotopic (exact) mass is 395 g/mol. The predicted octanol–water partition coefficient (Wildman–Crippen LogP) is 3.53. The van der Waals surface area contributed by atoms with Crippen molar-refractivity contribution in [2.45, 2.75) is 19.4 Å². The van der Waals surface area contributed by atoms with Crippen LogP contribution in [-0.2, 0) is 5.54 Å². The van der Waals surface area contributed by atoms with Crippen LogP contribution >= 0.6 is 11.3 Å². The normalized spacial score (nSPS) is 11.5. The standard InChI is InChI=1S/C19H17N5O3S/c1-19(2,11-6-4-3-5-7-11)22-18(26)14-8-12-15(27-14)16(24-23-12)21-17(25)13-9-28-10-20-13/h3-10H,1-2H3,(H,22,26)(H2,21,23,24,25). The first kappa shape index (κ1) is 17.9. The Bertz CT molecular complexity index is 1130. The van der Waals surface area contributed by atoms with Crippen molar-refractivity contribution < 1.29 is 14.0 Å². The van der Waals surface area contributed by atoms with E-state index < -0.39 is 11.4 Å². The maximum absolute atomic E-state index is 12.7. The summed E-state index contributed by atoms with van der Waals surface area (Å²) in [5.41, 5.74) is 3.05. The highest BCUT2D eigenvalue weighted by atomic mass is 32.1. The van der Waals surface area contributed by atoms with E-state index in [2.05, 4.69) is 25.8 Å². The third-order valence-electron chi connectivity index (χ3n) is 4.28. The molecule has 0 aliphatic heterocycles. The lowest BCUT2D eigenvalue weighted by Crippen LogP contribution is -2.40. The third-order valence-corrected chi connectivity index (χ3v) is 4.86. The molecule has 3 N–H and O–H groups in total. The maximum Gasteiger partial charge on any atom is 0.287 e. The molecule has 0 saturated heterocycles. The van der Waals surface area contributed by atoms with E-state index in [4.69, 9.17) is 4.42 Å². The topological polar surface area (TPSA) is 113 Å². The molecule has 2 amide bonds. The number of benzene rings is 1. The first-order chi connectivity index (χ1) is 13.4. The van der Waals surface area contributed by atoms with Gasteiger partial charge in [-0.1, -0.05) is 30.3 Å². The van der Waals surface area contributed by atoms with E-state index in [1.165, 1.54) is 11.3 Å². The zero-order valence-electron chi connectivity index (χ0n) is 15.1. The summed E-state index contributed by atoms with van der Waals surface area (Å²) in [6.45, 7) is 3.83. The first-order valence-corrected chi connectivity index (χ1v) is 9.44. The van der Waals surface area contributed by atoms with Crippen LogP contribution in [0.2, 0.25) is 0 Å². The van der Waals surface area contributed by atoms with Gasteiger partial charge in [-0.2, -0.15) is 5.10 Å². The number of hydrogen-bond acceptors (Lipinski definition) is 6. The van der Waals surface area contributed by atoms with Crippen LogP contribution in [0.4, 0.5) is 5.82 Å². The minimum atomic E-state index is -0.585. The Morgan fingerprint density at radius 2 is 1.96 bits per heavy atom. The number of nitrogens with one attached hydrogen (secondary N) is 3. The first-order valence-electron chi connectivity index (χ1n) is 8.49. The van der Waals surface area contributed by atoms with Gasteiger partial charge in [-0.15, -0.1) is 11.3 Å². The second-order valence-corrected chi connectivity index (χ2v) is 7.42. The second kappa shape index (κ2) is 6.93. The van der Waals surface area contributed by atoms with Crippen molar-refractivity contribution in [1.82, 2.24) is 20.5 Å². The number of H-pyrrole nitrogens is 1. The number of fused-ring (bicyclic) bond motifs is 1. The number of rotatable bonds is 5. The van der Waals surface area contributed by atoms with Gasteiger partial charge in [-0.25, -0.2) is 4.98 Å². The zero-order chi connectivity index (χ0) is 19.7. The average molecular weight is 395 g/mol. The van der Waals surface area contributed by atoms with E-state index in [0.29, 0.717) is 11.1 Å². The Balaban J connectivity index is 1.54. The highest BCUT2D eigenvalue weighted by Crippen LogP contribution is 2.26. The second-order valence-electron chi connectivity index (χ2n) is 6.70. The number of hydrogen-bond donors (Lipinski definition) is 3. The molecule has 4 aromatic rings. The molecule has 0 bridgehead atoms. The van der Waals surface area contributed by atoms with Crippen molar-refractivity contribution in [2.75, 3.05) is 5.32 Å². The predicted molar refractivity (Wildman–Crippen MR) is 105 cm³/mol. The van der Waals surface area contributed by atoms with Gasteiger partial charge in [-0.05, 0) is 19.4 Å². The van der Waals surface area contributed by atoms with E-state index >= 15 is 0 Å². The molecule has 0 spiro atoms. The smallest absolute Gasteiger partial charge is 0.287 e. The van der Waals surface area contributed by atoms with Gasteiger partial charge in [0.15, 0.2) is 17.2 Å². The van der Waals surface area contributed by atoms with Crippen LogP contribution in [-0.4, -0.2) is 27.0 Å². The van der Waals surface area contributed by atoms with Crippen LogP contribution in [0.1, 0.15) is 40.5 Å². The SMILES string of the molecule is CC(C)(NC(=O)c1cc2[nH]nc(NC(=O)c3cscn3)c2o1)c1ccccc1. The maximum atomic E-state index is 12.7. The number of carbonyl (C=O) groups is 2. The summed E-state index contributed by atoms with van der Waals surface area (Å²) in [5, 5.41) is 14.0. The number of aromatic amines is 1. The van der Waals surface area contributed by atoms with Gasteiger partial charge >= 0.3 is 0 Å². The minimum absolute atomic E-state index is 0.122. The highest BCUT2D eigenvalue weighted by Gasteiger charge is 2.26. The number of furan rings is 1. The lowest BCUT2D eigenvalue weighted by Gasteiger charge is -2.26. The Morgan fingerprint density at radius 1 is 1.18 bits per heavy atom. The quantitative estimate of drug-likeness (QED) is 0.478. The highest BCUT2D eigenvalue weighted by molar-refractivity contribution is 7.07. The lowest BCUT2D eigenvalue weighted by molar-refractivity contribution is 0.0885. The molecule has 3 aromatic heterocycles. The van der Waals surface area contributed by atoms with Gasteiger partial charge in [0.25, 0.3) is 11.8 Å². The van der Waals surface area contributed by atoms with Crippen LogP contribution in [0.5, 0.6) is 0 Å². The van der Waals surface area contributed by atoms with Crippen molar-refractivity contribution in [3.8, 4) is 0 Å². The Kier molecular flexibility index (Phi) is 4.44. The molecular formula is C19H17N5O3S. The summed E-state index contributed by atoms with van der Waals surface area (Å²) >= 11 is 1.32. The van der Waals surface area contributed by atoms with E-state index in [0.717, 1.165) is 5.56 Å². The Labute approximate surface area is 164 Å². The number of thiazole rings is 1. The average Bonchev–Trinajstić information content (AvgIpc) is 3.40. The zero-order valence-corrected chi connectivity index (χ0v) is 16.0. The van der Waals surface area contributed by atoms with Crippen molar-refractivity contribution in [3.05, 3.63) is 64.3 Å². The van der Waals surface area contributed by atoms with Crippen molar-refractivity contribution in [2.24, 2.45) is 0 Å².